The lowest BCUT2D eigenvalue weighted by atomic mass is 10.1. The summed E-state index contributed by atoms with van der Waals surface area (Å²) >= 11 is 0. The van der Waals surface area contributed by atoms with Crippen LogP contribution in [0, 0.1) is 19.3 Å². The Balaban J connectivity index is 2.28. The Morgan fingerprint density at radius 3 is 2.71 bits per heavy atom. The molecule has 0 aliphatic rings. The van der Waals surface area contributed by atoms with Crippen molar-refractivity contribution >= 4 is 22.7 Å². The van der Waals surface area contributed by atoms with E-state index in [0.29, 0.717) is 5.69 Å². The third kappa shape index (κ3) is 3.42. The fourth-order valence-electron chi connectivity index (χ4n) is 2.60. The molecular formula is C18H21N3O3. The minimum Gasteiger partial charge on any atom is -0.391 e. The fraction of sp³-hybridized carbons (Fsp3) is 0.333. The highest BCUT2D eigenvalue weighted by Crippen LogP contribution is 2.22. The molecule has 0 bridgehead atoms. The predicted octanol–water partition coefficient (Wildman–Crippen LogP) is 0.715. The number of amides is 2. The van der Waals surface area contributed by atoms with Gasteiger partial charge in [0, 0.05) is 18.0 Å². The molecule has 0 radical (unpaired) electrons. The summed E-state index contributed by atoms with van der Waals surface area (Å²) in [4.78, 5) is 24.6. The smallest absolute Gasteiger partial charge is 0.268 e. The van der Waals surface area contributed by atoms with E-state index in [0.717, 1.165) is 16.5 Å². The fourth-order valence-corrected chi connectivity index (χ4v) is 2.60. The van der Waals surface area contributed by atoms with Gasteiger partial charge in [0.1, 0.15) is 11.7 Å². The molecule has 3 N–H and O–H groups in total. The standard InChI is InChI=1S/C18H21N3O3/c1-5-9-19-18(24)16(12(3)22)20-17(23)15-10-13-11(2)7-6-8-14(13)21(15)4/h1,6-8,10,12,16,22H,9H2,2-4H3,(H,19,24)(H,20,23)/t12-,16+/m1/s1. The van der Waals surface area contributed by atoms with Gasteiger partial charge in [-0.2, -0.15) is 0 Å². The Hall–Kier alpha value is -2.78. The van der Waals surface area contributed by atoms with Crippen molar-refractivity contribution in [3.63, 3.8) is 0 Å². The Labute approximate surface area is 140 Å². The zero-order valence-electron chi connectivity index (χ0n) is 14.0. The first-order valence-corrected chi connectivity index (χ1v) is 7.62. The van der Waals surface area contributed by atoms with Crippen molar-refractivity contribution in [1.82, 2.24) is 15.2 Å². The lowest BCUT2D eigenvalue weighted by Crippen LogP contribution is -2.52. The predicted molar refractivity (Wildman–Crippen MR) is 92.4 cm³/mol. The monoisotopic (exact) mass is 327 g/mol. The summed E-state index contributed by atoms with van der Waals surface area (Å²) < 4.78 is 1.76. The first-order valence-electron chi connectivity index (χ1n) is 7.62. The first-order chi connectivity index (χ1) is 11.4. The van der Waals surface area contributed by atoms with Gasteiger partial charge < -0.3 is 20.3 Å². The van der Waals surface area contributed by atoms with E-state index in [1.165, 1.54) is 6.92 Å². The number of aliphatic hydroxyl groups excluding tert-OH is 1. The number of aliphatic hydroxyl groups is 1. The molecule has 0 saturated carbocycles. The molecule has 0 spiro atoms. The highest BCUT2D eigenvalue weighted by atomic mass is 16.3. The number of rotatable bonds is 5. The molecule has 1 heterocycles. The maximum Gasteiger partial charge on any atom is 0.268 e. The number of hydrogen-bond acceptors (Lipinski definition) is 3. The normalized spacial score (nSPS) is 13.1. The molecular weight excluding hydrogens is 306 g/mol. The largest absolute Gasteiger partial charge is 0.391 e. The average molecular weight is 327 g/mol. The first kappa shape index (κ1) is 17.6. The summed E-state index contributed by atoms with van der Waals surface area (Å²) in [6.07, 6.45) is 4.05. The number of aryl methyl sites for hydroxylation is 2. The molecule has 6 nitrogen and oxygen atoms in total. The number of nitrogens with one attached hydrogen (secondary N) is 2. The molecule has 0 aliphatic heterocycles. The second kappa shape index (κ2) is 7.20. The zero-order chi connectivity index (χ0) is 17.9. The molecule has 0 fully saturated rings. The highest BCUT2D eigenvalue weighted by Gasteiger charge is 2.27. The van der Waals surface area contributed by atoms with E-state index >= 15 is 0 Å². The van der Waals surface area contributed by atoms with E-state index in [1.54, 1.807) is 17.7 Å². The van der Waals surface area contributed by atoms with Crippen molar-refractivity contribution in [3.8, 4) is 12.3 Å². The van der Waals surface area contributed by atoms with Gasteiger partial charge in [-0.1, -0.05) is 18.1 Å². The summed E-state index contributed by atoms with van der Waals surface area (Å²) in [7, 11) is 1.78. The van der Waals surface area contributed by atoms with Gasteiger partial charge in [0.2, 0.25) is 5.91 Å². The lowest BCUT2D eigenvalue weighted by Gasteiger charge is -2.20. The third-order valence-electron chi connectivity index (χ3n) is 3.95. The van der Waals surface area contributed by atoms with Crippen molar-refractivity contribution in [2.45, 2.75) is 26.0 Å². The quantitative estimate of drug-likeness (QED) is 0.708. The van der Waals surface area contributed by atoms with Gasteiger partial charge >= 0.3 is 0 Å². The van der Waals surface area contributed by atoms with Gasteiger partial charge in [0.25, 0.3) is 5.91 Å². The maximum atomic E-state index is 12.6. The van der Waals surface area contributed by atoms with E-state index in [-0.39, 0.29) is 6.54 Å². The SMILES string of the molecule is C#CCNC(=O)[C@@H](NC(=O)c1cc2c(C)cccc2n1C)[C@@H](C)O. The van der Waals surface area contributed by atoms with Crippen molar-refractivity contribution in [2.75, 3.05) is 6.54 Å². The van der Waals surface area contributed by atoms with E-state index < -0.39 is 24.0 Å². The zero-order valence-corrected chi connectivity index (χ0v) is 14.0. The minimum atomic E-state index is -1.08. The van der Waals surface area contributed by atoms with Gasteiger partial charge in [0.05, 0.1) is 12.6 Å². The number of aromatic nitrogens is 1. The van der Waals surface area contributed by atoms with Crippen LogP contribution in [0.5, 0.6) is 0 Å². The van der Waals surface area contributed by atoms with Gasteiger partial charge in [0.15, 0.2) is 0 Å². The van der Waals surface area contributed by atoms with Crippen LogP contribution < -0.4 is 10.6 Å². The third-order valence-corrected chi connectivity index (χ3v) is 3.95. The van der Waals surface area contributed by atoms with Crippen molar-refractivity contribution in [3.05, 3.63) is 35.5 Å². The van der Waals surface area contributed by atoms with Crippen molar-refractivity contribution in [1.29, 1.82) is 0 Å². The summed E-state index contributed by atoms with van der Waals surface area (Å²) in [5, 5.41) is 15.8. The summed E-state index contributed by atoms with van der Waals surface area (Å²) in [6, 6.07) is 6.51. The number of carbonyl (C=O) groups excluding carboxylic acids is 2. The van der Waals surface area contributed by atoms with Crippen molar-refractivity contribution in [2.24, 2.45) is 7.05 Å². The number of hydrogen-bond donors (Lipinski definition) is 3. The molecule has 1 aromatic carbocycles. The van der Waals surface area contributed by atoms with E-state index in [2.05, 4.69) is 16.6 Å². The highest BCUT2D eigenvalue weighted by molar-refractivity contribution is 6.01. The van der Waals surface area contributed by atoms with Crippen LogP contribution in [0.15, 0.2) is 24.3 Å². The van der Waals surface area contributed by atoms with Crippen LogP contribution in [0.3, 0.4) is 0 Å². The van der Waals surface area contributed by atoms with Crippen LogP contribution in [0.2, 0.25) is 0 Å². The molecule has 0 aliphatic carbocycles. The Kier molecular flexibility index (Phi) is 5.27. The Morgan fingerprint density at radius 2 is 2.12 bits per heavy atom. The average Bonchev–Trinajstić information content (AvgIpc) is 2.88. The Bertz CT molecular complexity index is 815. The van der Waals surface area contributed by atoms with Crippen LogP contribution in [-0.2, 0) is 11.8 Å². The van der Waals surface area contributed by atoms with E-state index in [4.69, 9.17) is 6.42 Å². The van der Waals surface area contributed by atoms with Gasteiger partial charge in [-0.25, -0.2) is 0 Å². The summed E-state index contributed by atoms with van der Waals surface area (Å²) in [5.74, 6) is 1.32. The molecule has 2 atom stereocenters. The van der Waals surface area contributed by atoms with Gasteiger partial charge in [-0.15, -0.1) is 6.42 Å². The van der Waals surface area contributed by atoms with Crippen molar-refractivity contribution < 1.29 is 14.7 Å². The molecule has 126 valence electrons. The topological polar surface area (TPSA) is 83.4 Å². The van der Waals surface area contributed by atoms with E-state index in [1.807, 2.05) is 25.1 Å². The molecule has 0 saturated heterocycles. The van der Waals surface area contributed by atoms with Crippen LogP contribution in [0.25, 0.3) is 10.9 Å². The van der Waals surface area contributed by atoms with Crippen LogP contribution in [-0.4, -0.2) is 40.2 Å². The molecule has 2 amide bonds. The minimum absolute atomic E-state index is 0.0329. The van der Waals surface area contributed by atoms with E-state index in [9.17, 15) is 14.7 Å². The molecule has 6 heteroatoms. The second-order valence-electron chi connectivity index (χ2n) is 5.71. The molecule has 2 aromatic rings. The molecule has 0 unspecified atom stereocenters. The second-order valence-corrected chi connectivity index (χ2v) is 5.71. The number of carbonyl (C=O) groups is 2. The molecule has 24 heavy (non-hydrogen) atoms. The summed E-state index contributed by atoms with van der Waals surface area (Å²) in [6.45, 7) is 3.44. The molecule has 1 aromatic heterocycles. The van der Waals surface area contributed by atoms with Crippen LogP contribution in [0.4, 0.5) is 0 Å². The van der Waals surface area contributed by atoms with Gasteiger partial charge in [-0.3, -0.25) is 9.59 Å². The summed E-state index contributed by atoms with van der Waals surface area (Å²) in [5.41, 5.74) is 2.39. The van der Waals surface area contributed by atoms with Crippen LogP contribution in [0.1, 0.15) is 23.0 Å². The van der Waals surface area contributed by atoms with Gasteiger partial charge in [-0.05, 0) is 31.5 Å². The lowest BCUT2D eigenvalue weighted by molar-refractivity contribution is -0.125. The number of benzene rings is 1. The number of fused-ring (bicyclic) bond motifs is 1. The number of terminal acetylenes is 1. The number of nitrogens with zero attached hydrogens (tertiary/aromatic N) is 1. The molecule has 2 rings (SSSR count). The maximum absolute atomic E-state index is 12.6. The van der Waals surface area contributed by atoms with Crippen LogP contribution >= 0.6 is 0 Å². The Morgan fingerprint density at radius 1 is 1.42 bits per heavy atom.